The zero-order valence-electron chi connectivity index (χ0n) is 11.8. The Labute approximate surface area is 113 Å². The van der Waals surface area contributed by atoms with Crippen LogP contribution in [0.1, 0.15) is 36.6 Å². The number of aromatic nitrogens is 2. The molecule has 102 valence electrons. The van der Waals surface area contributed by atoms with E-state index in [9.17, 15) is 4.79 Å². The Hall–Kier alpha value is -1.81. The van der Waals surface area contributed by atoms with Crippen molar-refractivity contribution in [3.8, 4) is 0 Å². The standard InChI is InChI=1S/C15H21N3O/c1-11(2)18-7-6-17(15(18)19)10-14-5-4-13(9-16)8-12(14)3/h4-8,11H,9-10,16H2,1-3H3. The maximum absolute atomic E-state index is 12.2. The van der Waals surface area contributed by atoms with Crippen molar-refractivity contribution in [3.05, 3.63) is 57.8 Å². The molecule has 1 aromatic carbocycles. The lowest BCUT2D eigenvalue weighted by Gasteiger charge is -2.09. The summed E-state index contributed by atoms with van der Waals surface area (Å²) in [7, 11) is 0. The highest BCUT2D eigenvalue weighted by Gasteiger charge is 2.07. The molecule has 0 spiro atoms. The van der Waals surface area contributed by atoms with Gasteiger partial charge in [-0.3, -0.25) is 9.13 Å². The summed E-state index contributed by atoms with van der Waals surface area (Å²) < 4.78 is 3.48. The molecule has 0 aliphatic rings. The van der Waals surface area contributed by atoms with Crippen molar-refractivity contribution in [3.63, 3.8) is 0 Å². The Balaban J connectivity index is 2.29. The molecular weight excluding hydrogens is 238 g/mol. The second kappa shape index (κ2) is 5.45. The smallest absolute Gasteiger partial charge is 0.326 e. The van der Waals surface area contributed by atoms with E-state index >= 15 is 0 Å². The van der Waals surface area contributed by atoms with Crippen molar-refractivity contribution in [2.24, 2.45) is 5.73 Å². The summed E-state index contributed by atoms with van der Waals surface area (Å²) >= 11 is 0. The van der Waals surface area contributed by atoms with Crippen LogP contribution in [-0.4, -0.2) is 9.13 Å². The Bertz CT molecular complexity index is 623. The summed E-state index contributed by atoms with van der Waals surface area (Å²) in [5, 5.41) is 0. The first-order chi connectivity index (χ1) is 9.02. The van der Waals surface area contributed by atoms with E-state index in [-0.39, 0.29) is 11.7 Å². The largest absolute Gasteiger partial charge is 0.328 e. The van der Waals surface area contributed by atoms with E-state index in [1.165, 1.54) is 5.56 Å². The Morgan fingerprint density at radius 2 is 2.00 bits per heavy atom. The van der Waals surface area contributed by atoms with Crippen molar-refractivity contribution in [1.82, 2.24) is 9.13 Å². The molecule has 19 heavy (non-hydrogen) atoms. The van der Waals surface area contributed by atoms with Crippen LogP contribution in [0.3, 0.4) is 0 Å². The Kier molecular flexibility index (Phi) is 3.90. The number of imidazole rings is 1. The van der Waals surface area contributed by atoms with Gasteiger partial charge in [-0.1, -0.05) is 18.2 Å². The van der Waals surface area contributed by atoms with Crippen molar-refractivity contribution in [1.29, 1.82) is 0 Å². The number of benzene rings is 1. The zero-order valence-corrected chi connectivity index (χ0v) is 11.8. The van der Waals surface area contributed by atoms with E-state index < -0.39 is 0 Å². The highest BCUT2D eigenvalue weighted by molar-refractivity contribution is 5.31. The van der Waals surface area contributed by atoms with Crippen LogP contribution >= 0.6 is 0 Å². The molecule has 0 saturated carbocycles. The fourth-order valence-electron chi connectivity index (χ4n) is 2.19. The van der Waals surface area contributed by atoms with Gasteiger partial charge in [-0.05, 0) is 37.5 Å². The van der Waals surface area contributed by atoms with Crippen LogP contribution in [0.2, 0.25) is 0 Å². The predicted molar refractivity (Wildman–Crippen MR) is 77.2 cm³/mol. The van der Waals surface area contributed by atoms with Crippen LogP contribution < -0.4 is 11.4 Å². The van der Waals surface area contributed by atoms with E-state index in [4.69, 9.17) is 5.73 Å². The number of hydrogen-bond donors (Lipinski definition) is 1. The van der Waals surface area contributed by atoms with Crippen LogP contribution in [0, 0.1) is 6.92 Å². The normalized spacial score (nSPS) is 11.2. The number of nitrogens with zero attached hydrogens (tertiary/aromatic N) is 2. The van der Waals surface area contributed by atoms with Crippen molar-refractivity contribution < 1.29 is 0 Å². The first kappa shape index (κ1) is 13.6. The third-order valence-corrected chi connectivity index (χ3v) is 3.41. The summed E-state index contributed by atoms with van der Waals surface area (Å²) in [5.74, 6) is 0. The maximum atomic E-state index is 12.2. The van der Waals surface area contributed by atoms with Gasteiger partial charge >= 0.3 is 5.69 Å². The van der Waals surface area contributed by atoms with Crippen LogP contribution in [-0.2, 0) is 13.1 Å². The van der Waals surface area contributed by atoms with E-state index in [1.807, 2.05) is 32.3 Å². The Morgan fingerprint density at radius 3 is 2.53 bits per heavy atom. The molecule has 0 unspecified atom stereocenters. The van der Waals surface area contributed by atoms with Gasteiger partial charge in [-0.25, -0.2) is 4.79 Å². The minimum Gasteiger partial charge on any atom is -0.326 e. The zero-order chi connectivity index (χ0) is 14.0. The lowest BCUT2D eigenvalue weighted by Crippen LogP contribution is -2.25. The van der Waals surface area contributed by atoms with Gasteiger partial charge in [0.1, 0.15) is 0 Å². The van der Waals surface area contributed by atoms with Crippen molar-refractivity contribution in [2.75, 3.05) is 0 Å². The fraction of sp³-hybridized carbons (Fsp3) is 0.400. The van der Waals surface area contributed by atoms with Gasteiger partial charge in [-0.2, -0.15) is 0 Å². The van der Waals surface area contributed by atoms with Gasteiger partial charge in [0, 0.05) is 25.0 Å². The molecule has 0 bridgehead atoms. The second-order valence-electron chi connectivity index (χ2n) is 5.17. The molecule has 4 heteroatoms. The average molecular weight is 259 g/mol. The molecule has 2 rings (SSSR count). The van der Waals surface area contributed by atoms with Gasteiger partial charge in [-0.15, -0.1) is 0 Å². The predicted octanol–water partition coefficient (Wildman–Crippen LogP) is 2.05. The summed E-state index contributed by atoms with van der Waals surface area (Å²) in [4.78, 5) is 12.2. The second-order valence-corrected chi connectivity index (χ2v) is 5.17. The fourth-order valence-corrected chi connectivity index (χ4v) is 2.19. The first-order valence-corrected chi connectivity index (χ1v) is 6.58. The molecular formula is C15H21N3O. The van der Waals surface area contributed by atoms with Gasteiger partial charge in [0.15, 0.2) is 0 Å². The molecule has 0 aliphatic heterocycles. The molecule has 0 atom stereocenters. The quantitative estimate of drug-likeness (QED) is 0.913. The van der Waals surface area contributed by atoms with Crippen molar-refractivity contribution >= 4 is 0 Å². The van der Waals surface area contributed by atoms with Crippen LogP contribution in [0.25, 0.3) is 0 Å². The summed E-state index contributed by atoms with van der Waals surface area (Å²) in [6.07, 6.45) is 3.69. The number of aryl methyl sites for hydroxylation is 1. The van der Waals surface area contributed by atoms with E-state index in [2.05, 4.69) is 19.1 Å². The summed E-state index contributed by atoms with van der Waals surface area (Å²) in [6, 6.07) is 6.35. The molecule has 4 nitrogen and oxygen atoms in total. The lowest BCUT2D eigenvalue weighted by molar-refractivity contribution is 0.561. The topological polar surface area (TPSA) is 52.9 Å². The average Bonchev–Trinajstić information content (AvgIpc) is 2.73. The molecule has 2 aromatic rings. The van der Waals surface area contributed by atoms with Gasteiger partial charge in [0.05, 0.1) is 6.54 Å². The molecule has 0 fully saturated rings. The van der Waals surface area contributed by atoms with E-state index in [1.54, 1.807) is 9.13 Å². The summed E-state index contributed by atoms with van der Waals surface area (Å²) in [6.45, 7) is 7.22. The molecule has 0 aliphatic carbocycles. The molecule has 2 N–H and O–H groups in total. The minimum absolute atomic E-state index is 0.0392. The number of nitrogens with two attached hydrogens (primary N) is 1. The minimum atomic E-state index is 0.0392. The Morgan fingerprint density at radius 1 is 1.26 bits per heavy atom. The first-order valence-electron chi connectivity index (χ1n) is 6.58. The molecule has 0 amide bonds. The SMILES string of the molecule is Cc1cc(CN)ccc1Cn1ccn(C(C)C)c1=O. The highest BCUT2D eigenvalue weighted by atomic mass is 16.1. The molecule has 0 radical (unpaired) electrons. The van der Waals surface area contributed by atoms with Gasteiger partial charge in [0.25, 0.3) is 0 Å². The monoisotopic (exact) mass is 259 g/mol. The van der Waals surface area contributed by atoms with Crippen LogP contribution in [0.4, 0.5) is 0 Å². The van der Waals surface area contributed by atoms with Crippen molar-refractivity contribution in [2.45, 2.75) is 39.9 Å². The maximum Gasteiger partial charge on any atom is 0.328 e. The third-order valence-electron chi connectivity index (χ3n) is 3.41. The van der Waals surface area contributed by atoms with E-state index in [0.717, 1.165) is 11.1 Å². The lowest BCUT2D eigenvalue weighted by atomic mass is 10.1. The van der Waals surface area contributed by atoms with Crippen LogP contribution in [0.5, 0.6) is 0 Å². The van der Waals surface area contributed by atoms with Gasteiger partial charge in [0.2, 0.25) is 0 Å². The van der Waals surface area contributed by atoms with E-state index in [0.29, 0.717) is 13.1 Å². The number of hydrogen-bond acceptors (Lipinski definition) is 2. The third kappa shape index (κ3) is 2.79. The van der Waals surface area contributed by atoms with Gasteiger partial charge < -0.3 is 5.73 Å². The molecule has 1 aromatic heterocycles. The summed E-state index contributed by atoms with van der Waals surface area (Å²) in [5.41, 5.74) is 9.11. The van der Waals surface area contributed by atoms with Crippen LogP contribution in [0.15, 0.2) is 35.4 Å². The molecule has 0 saturated heterocycles. The number of rotatable bonds is 4. The highest BCUT2D eigenvalue weighted by Crippen LogP contribution is 2.12. The molecule has 1 heterocycles.